The Labute approximate surface area is 487 Å². The van der Waals surface area contributed by atoms with Gasteiger partial charge in [-0.05, 0) is 86.3 Å². The topological polar surface area (TPSA) is 325 Å². The molecule has 0 unspecified atom stereocenters. The molecule has 28 nitrogen and oxygen atoms in total. The summed E-state index contributed by atoms with van der Waals surface area (Å²) in [5.41, 5.74) is 27.1. The largest absolute Gasteiger partial charge is 0.463 e. The lowest BCUT2D eigenvalue weighted by Crippen LogP contribution is -2.15. The number of benzene rings is 4. The molecule has 10 rings (SSSR count). The van der Waals surface area contributed by atoms with Crippen LogP contribution < -0.4 is 81.3 Å². The van der Waals surface area contributed by atoms with Crippen molar-refractivity contribution in [3.8, 4) is 71.1 Å². The van der Waals surface area contributed by atoms with E-state index in [1.807, 2.05) is 48.5 Å². The van der Waals surface area contributed by atoms with Crippen LogP contribution in [0.25, 0.3) is 0 Å². The number of hydrogen-bond donors (Lipinski definition) is 8. The number of aromatic nitrogens is 12. The van der Waals surface area contributed by atoms with Crippen LogP contribution in [0.3, 0.4) is 0 Å². The monoisotopic (exact) mass is 1180 g/mol. The van der Waals surface area contributed by atoms with Gasteiger partial charge in [0.15, 0.2) is 0 Å². The Morgan fingerprint density at radius 1 is 0.325 bits per heavy atom. The fraction of sp³-hybridized carbons (Fsp3) is 0.321. The molecule has 2 aliphatic heterocycles. The molecule has 0 saturated heterocycles. The van der Waals surface area contributed by atoms with E-state index in [9.17, 15) is 0 Å². The summed E-state index contributed by atoms with van der Waals surface area (Å²) in [5.74, 6) is 2.53. The van der Waals surface area contributed by atoms with E-state index in [4.69, 9.17) is 61.1 Å². The van der Waals surface area contributed by atoms with Gasteiger partial charge in [-0.15, -0.1) is 43.1 Å². The van der Waals surface area contributed by atoms with Crippen LogP contribution in [-0.4, -0.2) is 91.6 Å². The average molecular weight is 1180 g/mol. The number of nitrogens with one attached hydrogen (secondary N) is 8. The summed E-state index contributed by atoms with van der Waals surface area (Å²) >= 11 is 9.53. The second-order valence-electron chi connectivity index (χ2n) is 17.3. The Balaban J connectivity index is 0.000000207. The number of fused-ring (bicyclic) bond motifs is 16. The minimum absolute atomic E-state index is 0.0396. The van der Waals surface area contributed by atoms with Gasteiger partial charge >= 0.3 is 48.1 Å². The molecule has 8 N–H and O–H groups in total. The molecule has 6 heterocycles. The average Bonchev–Trinajstić information content (AvgIpc) is 3.51. The van der Waals surface area contributed by atoms with Crippen LogP contribution in [0.5, 0.6) is 71.1 Å². The molecule has 0 fully saturated rings. The van der Waals surface area contributed by atoms with Gasteiger partial charge in [-0.1, -0.05) is 77.6 Å². The summed E-state index contributed by atoms with van der Waals surface area (Å²) in [4.78, 5) is 52.1. The predicted octanol–water partition coefficient (Wildman–Crippen LogP) is 11.8. The van der Waals surface area contributed by atoms with Crippen molar-refractivity contribution in [3.05, 3.63) is 97.1 Å². The van der Waals surface area contributed by atoms with E-state index in [2.05, 4.69) is 131 Å². The lowest BCUT2D eigenvalue weighted by molar-refractivity contribution is 0.278. The molecule has 8 aromatic rings. The van der Waals surface area contributed by atoms with E-state index in [0.717, 1.165) is 74.1 Å². The molecule has 0 aliphatic carbocycles. The molecule has 2 aliphatic rings. The van der Waals surface area contributed by atoms with Crippen LogP contribution in [-0.2, 0) is 0 Å². The number of rotatable bonds is 16. The number of nitrogens with zero attached hydrogens (tertiary/aromatic N) is 12. The number of anilines is 8. The molecule has 0 radical (unpaired) electrons. The molecule has 0 saturated carbocycles. The van der Waals surface area contributed by atoms with Crippen LogP contribution >= 0.6 is 23.2 Å². The molecule has 0 spiro atoms. The van der Waals surface area contributed by atoms with Gasteiger partial charge in [0.2, 0.25) is 0 Å². The highest BCUT2D eigenvalue weighted by molar-refractivity contribution is 6.40. The third kappa shape index (κ3) is 19.8. The summed E-state index contributed by atoms with van der Waals surface area (Å²) in [6.07, 6.45) is 7.34. The Kier molecular flexibility index (Phi) is 22.9. The van der Waals surface area contributed by atoms with Gasteiger partial charge in [0.05, 0.1) is 54.5 Å². The van der Waals surface area contributed by atoms with Crippen LogP contribution in [0.1, 0.15) is 79.1 Å². The Morgan fingerprint density at radius 2 is 0.566 bits per heavy atom. The van der Waals surface area contributed by atoms with Crippen molar-refractivity contribution in [1.82, 2.24) is 59.8 Å². The molecule has 30 heteroatoms. The summed E-state index contributed by atoms with van der Waals surface area (Å²) in [5, 5.41) is 0.194. The van der Waals surface area contributed by atoms with Crippen molar-refractivity contribution >= 4 is 69.7 Å². The zero-order valence-electron chi connectivity index (χ0n) is 45.8. The Morgan fingerprint density at radius 3 is 0.807 bits per heavy atom. The van der Waals surface area contributed by atoms with Gasteiger partial charge in [0, 0.05) is 12.1 Å². The minimum atomic E-state index is 0.0396. The van der Waals surface area contributed by atoms with E-state index >= 15 is 0 Å². The van der Waals surface area contributed by atoms with Gasteiger partial charge in [0.1, 0.15) is 23.0 Å². The van der Waals surface area contributed by atoms with Crippen molar-refractivity contribution < 1.29 is 37.9 Å². The van der Waals surface area contributed by atoms with E-state index in [1.165, 1.54) is 0 Å². The number of hydrogen-bond acceptors (Lipinski definition) is 28. The molecule has 0 atom stereocenters. The quantitative estimate of drug-likeness (QED) is 0.0329. The molecule has 0 amide bonds. The van der Waals surface area contributed by atoms with E-state index < -0.39 is 0 Å². The van der Waals surface area contributed by atoms with E-state index in [1.54, 1.807) is 48.5 Å². The van der Waals surface area contributed by atoms with E-state index in [-0.39, 0.29) is 77.2 Å². The molecular weight excluding hydrogens is 1120 g/mol. The van der Waals surface area contributed by atoms with Crippen molar-refractivity contribution in [2.24, 2.45) is 0 Å². The Bertz CT molecular complexity index is 2900. The van der Waals surface area contributed by atoms with Crippen LogP contribution in [0.4, 0.5) is 46.5 Å². The number of halogens is 2. The van der Waals surface area contributed by atoms with Gasteiger partial charge in [-0.25, -0.2) is 0 Å². The minimum Gasteiger partial charge on any atom is -0.463 e. The van der Waals surface area contributed by atoms with Gasteiger partial charge in [-0.3, -0.25) is 43.4 Å². The van der Waals surface area contributed by atoms with Gasteiger partial charge in [0.25, 0.3) is 23.8 Å². The van der Waals surface area contributed by atoms with Gasteiger partial charge < -0.3 is 37.9 Å². The van der Waals surface area contributed by atoms with Gasteiger partial charge in [-0.2, -0.15) is 39.9 Å². The highest BCUT2D eigenvalue weighted by Crippen LogP contribution is 2.31. The SMILES string of the molecule is CCCCOc1nc2nc(n1)Oc1cccc(c1)Oc1nc(nc(OCCCC)n1)NNc1cccc(c1)NN2.CCCCOc1nc2nc(n1)Oc1cccc(c1)Oc1nc(nc(OCCCC)n1)NNc1cccc(c1)NN2.ClCCl. The molecule has 436 valence electrons. The first-order valence-electron chi connectivity index (χ1n) is 26.6. The number of ether oxygens (including phenoxy) is 8. The number of hydrazine groups is 4. The standard InChI is InChI=1S/2C26H30N10O4.CH2Cl2/c2*1-3-5-13-37-23-27-21-29-25(31-23)39-19-11-8-12-20(16-19)40-26-30-22(28-24(32-26)38-14-6-4-2)36-34-18-10-7-9-17(15-18)33-35-21;2-1-3/h2*7-12,15-16,33-34H,3-6,13-14H2,1-2H3,(H,27,29,31,35)(H,28,30,32,36);1H2. The molecule has 16 bridgehead atoms. The summed E-state index contributed by atoms with van der Waals surface area (Å²) in [6, 6.07) is 29.4. The normalized spacial score (nSPS) is 11.8. The van der Waals surface area contributed by atoms with Crippen molar-refractivity contribution in [2.75, 3.05) is 75.2 Å². The van der Waals surface area contributed by atoms with Crippen molar-refractivity contribution in [3.63, 3.8) is 0 Å². The smallest absolute Gasteiger partial charge is 0.330 e. The second-order valence-corrected chi connectivity index (χ2v) is 18.1. The van der Waals surface area contributed by atoms with Crippen molar-refractivity contribution in [1.29, 1.82) is 0 Å². The highest BCUT2D eigenvalue weighted by Gasteiger charge is 2.17. The van der Waals surface area contributed by atoms with E-state index in [0.29, 0.717) is 49.4 Å². The molecule has 83 heavy (non-hydrogen) atoms. The van der Waals surface area contributed by atoms with Crippen molar-refractivity contribution in [2.45, 2.75) is 79.1 Å². The third-order valence-corrected chi connectivity index (χ3v) is 10.7. The summed E-state index contributed by atoms with van der Waals surface area (Å²) in [6.45, 7) is 10.2. The fourth-order valence-corrected chi connectivity index (χ4v) is 6.73. The lowest BCUT2D eigenvalue weighted by atomic mass is 10.3. The lowest BCUT2D eigenvalue weighted by Gasteiger charge is -2.14. The second kappa shape index (κ2) is 31.9. The molecule has 4 aromatic heterocycles. The maximum absolute atomic E-state index is 5.95. The van der Waals surface area contributed by atoms with Crippen LogP contribution in [0.2, 0.25) is 0 Å². The third-order valence-electron chi connectivity index (χ3n) is 10.7. The summed E-state index contributed by atoms with van der Waals surface area (Å²) in [7, 11) is 0. The number of unbranched alkanes of at least 4 members (excludes halogenated alkanes) is 4. The first kappa shape index (κ1) is 59.4. The first-order chi connectivity index (χ1) is 40.7. The fourth-order valence-electron chi connectivity index (χ4n) is 6.73. The maximum atomic E-state index is 5.95. The highest BCUT2D eigenvalue weighted by atomic mass is 35.5. The zero-order valence-corrected chi connectivity index (χ0v) is 47.3. The maximum Gasteiger partial charge on any atom is 0.330 e. The number of alkyl halides is 2. The van der Waals surface area contributed by atoms with Crippen LogP contribution in [0, 0.1) is 0 Å². The Hall–Kier alpha value is -9.70. The summed E-state index contributed by atoms with van der Waals surface area (Å²) < 4.78 is 46.7. The first-order valence-corrected chi connectivity index (χ1v) is 27.7. The van der Waals surface area contributed by atoms with Crippen LogP contribution in [0.15, 0.2) is 97.1 Å². The zero-order chi connectivity index (χ0) is 57.9. The molecule has 4 aromatic carbocycles. The predicted molar refractivity (Wildman–Crippen MR) is 313 cm³/mol. The molecular formula is C53H62Cl2N20O8.